The molecule has 0 saturated heterocycles. The van der Waals surface area contributed by atoms with Crippen molar-refractivity contribution in [2.24, 2.45) is 0 Å². The number of aryl methyl sites for hydroxylation is 2. The molecule has 0 unspecified atom stereocenters. The number of anilines is 1. The van der Waals surface area contributed by atoms with Gasteiger partial charge in [0.25, 0.3) is 0 Å². The van der Waals surface area contributed by atoms with Crippen LogP contribution >= 0.6 is 0 Å². The van der Waals surface area contributed by atoms with Crippen LogP contribution in [0, 0.1) is 13.8 Å². The van der Waals surface area contributed by atoms with Crippen LogP contribution in [0.25, 0.3) is 0 Å². The summed E-state index contributed by atoms with van der Waals surface area (Å²) in [5, 5.41) is 3.04. The summed E-state index contributed by atoms with van der Waals surface area (Å²) in [6, 6.07) is 4.09. The van der Waals surface area contributed by atoms with E-state index in [1.165, 1.54) is 0 Å². The molecule has 1 aromatic carbocycles. The molecule has 0 atom stereocenters. The molecule has 0 radical (unpaired) electrons. The summed E-state index contributed by atoms with van der Waals surface area (Å²) in [5.41, 5.74) is 2.43. The van der Waals surface area contributed by atoms with Gasteiger partial charge in [-0.05, 0) is 58.0 Å². The molecule has 120 valence electrons. The average Bonchev–Trinajstić information content (AvgIpc) is 2.36. The van der Waals surface area contributed by atoms with Crippen molar-refractivity contribution in [3.8, 4) is 0 Å². The Morgan fingerprint density at radius 3 is 2.14 bits per heavy atom. The lowest BCUT2D eigenvalue weighted by molar-refractivity contribution is 0.278. The highest BCUT2D eigenvalue weighted by Gasteiger charge is 2.20. The fraction of sp³-hybridized carbons (Fsp3) is 0.600. The zero-order chi connectivity index (χ0) is 16.2. The maximum absolute atomic E-state index is 12.5. The highest BCUT2D eigenvalue weighted by Crippen LogP contribution is 2.24. The van der Waals surface area contributed by atoms with Gasteiger partial charge in [-0.3, -0.25) is 0 Å². The number of hydrogen-bond donors (Lipinski definition) is 2. The third kappa shape index (κ3) is 4.69. The Labute approximate surface area is 128 Å². The predicted molar refractivity (Wildman–Crippen MR) is 88.4 cm³/mol. The van der Waals surface area contributed by atoms with Crippen LogP contribution in [0.2, 0.25) is 0 Å². The van der Waals surface area contributed by atoms with Crippen molar-refractivity contribution >= 4 is 15.7 Å². The van der Waals surface area contributed by atoms with Crippen molar-refractivity contribution in [2.75, 3.05) is 32.5 Å². The second-order valence-electron chi connectivity index (χ2n) is 5.66. The summed E-state index contributed by atoms with van der Waals surface area (Å²) in [6.45, 7) is 8.90. The minimum atomic E-state index is -3.47. The van der Waals surface area contributed by atoms with Crippen molar-refractivity contribution in [2.45, 2.75) is 38.6 Å². The fourth-order valence-electron chi connectivity index (χ4n) is 2.21. The molecule has 0 fully saturated rings. The number of nitrogens with zero attached hydrogens (tertiary/aromatic N) is 1. The van der Waals surface area contributed by atoms with Crippen molar-refractivity contribution in [1.82, 2.24) is 9.62 Å². The Hall–Kier alpha value is -1.11. The van der Waals surface area contributed by atoms with Gasteiger partial charge in [0.05, 0.1) is 4.90 Å². The molecular formula is C15H27N3O2S. The lowest BCUT2D eigenvalue weighted by atomic mass is 10.1. The normalized spacial score (nSPS) is 12.2. The Morgan fingerprint density at radius 2 is 1.71 bits per heavy atom. The van der Waals surface area contributed by atoms with Gasteiger partial charge in [0.15, 0.2) is 0 Å². The Balaban J connectivity index is 2.89. The van der Waals surface area contributed by atoms with Crippen LogP contribution in [0.4, 0.5) is 5.69 Å². The lowest BCUT2D eigenvalue weighted by Gasteiger charge is -2.21. The average molecular weight is 313 g/mol. The molecule has 0 aromatic heterocycles. The Bertz CT molecular complexity index is 560. The molecular weight excluding hydrogens is 286 g/mol. The summed E-state index contributed by atoms with van der Waals surface area (Å²) < 4.78 is 27.6. The van der Waals surface area contributed by atoms with Gasteiger partial charge in [0.1, 0.15) is 0 Å². The van der Waals surface area contributed by atoms with E-state index in [0.29, 0.717) is 24.0 Å². The quantitative estimate of drug-likeness (QED) is 0.808. The minimum Gasteiger partial charge on any atom is -0.388 e. The van der Waals surface area contributed by atoms with Crippen molar-refractivity contribution < 1.29 is 8.42 Å². The van der Waals surface area contributed by atoms with Crippen LogP contribution in [-0.4, -0.2) is 46.5 Å². The molecule has 0 saturated carbocycles. The highest BCUT2D eigenvalue weighted by atomic mass is 32.2. The molecule has 21 heavy (non-hydrogen) atoms. The molecule has 1 rings (SSSR count). The minimum absolute atomic E-state index is 0.383. The van der Waals surface area contributed by atoms with E-state index < -0.39 is 10.0 Å². The number of rotatable bonds is 7. The zero-order valence-electron chi connectivity index (χ0n) is 13.8. The maximum Gasteiger partial charge on any atom is 0.241 e. The van der Waals surface area contributed by atoms with E-state index in [4.69, 9.17) is 0 Å². The Morgan fingerprint density at radius 1 is 1.19 bits per heavy atom. The molecule has 0 heterocycles. The number of sulfonamides is 1. The van der Waals surface area contributed by atoms with E-state index in [9.17, 15) is 8.42 Å². The first kappa shape index (κ1) is 17.9. The first-order valence-electron chi connectivity index (χ1n) is 7.18. The molecule has 1 aromatic rings. The van der Waals surface area contributed by atoms with E-state index in [1.54, 1.807) is 0 Å². The van der Waals surface area contributed by atoms with Gasteiger partial charge >= 0.3 is 0 Å². The van der Waals surface area contributed by atoms with Gasteiger partial charge in [0, 0.05) is 31.9 Å². The van der Waals surface area contributed by atoms with E-state index in [0.717, 1.165) is 16.8 Å². The van der Waals surface area contributed by atoms with Crippen LogP contribution in [0.1, 0.15) is 25.0 Å². The standard InChI is InChI=1S/C15H27N3O2S/c1-11(2)18(6)8-7-17-21(19,20)15-12(3)9-14(16-5)10-13(15)4/h9-11,16-17H,7-8H2,1-6H3. The molecule has 6 heteroatoms. The number of nitrogens with one attached hydrogen (secondary N) is 2. The second kappa shape index (κ2) is 7.24. The molecule has 0 aliphatic carbocycles. The summed E-state index contributed by atoms with van der Waals surface area (Å²) in [5.74, 6) is 0. The SMILES string of the molecule is CNc1cc(C)c(S(=O)(=O)NCCN(C)C(C)C)c(C)c1. The molecule has 0 amide bonds. The second-order valence-corrected chi connectivity index (χ2v) is 7.37. The van der Waals surface area contributed by atoms with Gasteiger partial charge in [-0.15, -0.1) is 0 Å². The molecule has 0 spiro atoms. The van der Waals surface area contributed by atoms with Crippen LogP contribution in [-0.2, 0) is 10.0 Å². The van der Waals surface area contributed by atoms with E-state index in [-0.39, 0.29) is 0 Å². The molecule has 0 aliphatic rings. The topological polar surface area (TPSA) is 61.4 Å². The fourth-order valence-corrected chi connectivity index (χ4v) is 3.68. The summed E-state index contributed by atoms with van der Waals surface area (Å²) in [7, 11) is 0.333. The first-order chi connectivity index (χ1) is 9.69. The van der Waals surface area contributed by atoms with Crippen LogP contribution in [0.3, 0.4) is 0 Å². The Kier molecular flexibility index (Phi) is 6.19. The largest absolute Gasteiger partial charge is 0.388 e. The molecule has 5 nitrogen and oxygen atoms in total. The van der Waals surface area contributed by atoms with Crippen molar-refractivity contribution in [3.63, 3.8) is 0 Å². The van der Waals surface area contributed by atoms with Crippen LogP contribution in [0.15, 0.2) is 17.0 Å². The van der Waals surface area contributed by atoms with Gasteiger partial charge in [-0.25, -0.2) is 13.1 Å². The highest BCUT2D eigenvalue weighted by molar-refractivity contribution is 7.89. The maximum atomic E-state index is 12.5. The summed E-state index contributed by atoms with van der Waals surface area (Å²) in [4.78, 5) is 2.49. The third-order valence-corrected chi connectivity index (χ3v) is 5.42. The molecule has 0 bridgehead atoms. The third-order valence-electron chi connectivity index (χ3n) is 3.66. The van der Waals surface area contributed by atoms with Gasteiger partial charge in [-0.2, -0.15) is 0 Å². The van der Waals surface area contributed by atoms with Crippen LogP contribution in [0.5, 0.6) is 0 Å². The van der Waals surface area contributed by atoms with Crippen molar-refractivity contribution in [3.05, 3.63) is 23.3 Å². The smallest absolute Gasteiger partial charge is 0.241 e. The number of benzene rings is 1. The van der Waals surface area contributed by atoms with E-state index >= 15 is 0 Å². The van der Waals surface area contributed by atoms with Gasteiger partial charge < -0.3 is 10.2 Å². The summed E-state index contributed by atoms with van der Waals surface area (Å²) >= 11 is 0. The van der Waals surface area contributed by atoms with Crippen molar-refractivity contribution in [1.29, 1.82) is 0 Å². The predicted octanol–water partition coefficient (Wildman–Crippen LogP) is 1.96. The summed E-state index contributed by atoms with van der Waals surface area (Å²) in [6.07, 6.45) is 0. The first-order valence-corrected chi connectivity index (χ1v) is 8.66. The van der Waals surface area contributed by atoms with Gasteiger partial charge in [0.2, 0.25) is 10.0 Å². The monoisotopic (exact) mass is 313 g/mol. The van der Waals surface area contributed by atoms with E-state index in [1.807, 2.05) is 40.1 Å². The number of hydrogen-bond acceptors (Lipinski definition) is 4. The molecule has 0 aliphatic heterocycles. The zero-order valence-corrected chi connectivity index (χ0v) is 14.6. The lowest BCUT2D eigenvalue weighted by Crippen LogP contribution is -2.36. The molecule has 2 N–H and O–H groups in total. The number of likely N-dealkylation sites (N-methyl/N-ethyl adjacent to an activating group) is 1. The van der Waals surface area contributed by atoms with E-state index in [2.05, 4.69) is 28.8 Å². The van der Waals surface area contributed by atoms with Crippen LogP contribution < -0.4 is 10.0 Å². The van der Waals surface area contributed by atoms with Gasteiger partial charge in [-0.1, -0.05) is 0 Å².